The van der Waals surface area contributed by atoms with Gasteiger partial charge in [0, 0.05) is 0 Å². The summed E-state index contributed by atoms with van der Waals surface area (Å²) in [6.07, 6.45) is 1.98. The molecule has 1 saturated heterocycles. The van der Waals surface area contributed by atoms with E-state index in [1.54, 1.807) is 24.3 Å². The second-order valence-electron chi connectivity index (χ2n) is 7.35. The molecule has 130 valence electrons. The molecule has 5 nitrogen and oxygen atoms in total. The molecule has 5 heteroatoms. The summed E-state index contributed by atoms with van der Waals surface area (Å²) in [4.78, 5) is 39.2. The maximum atomic E-state index is 13.1. The lowest BCUT2D eigenvalue weighted by atomic mass is 9.81. The van der Waals surface area contributed by atoms with Gasteiger partial charge >= 0.3 is 5.97 Å². The molecule has 1 heterocycles. The van der Waals surface area contributed by atoms with Crippen molar-refractivity contribution in [2.45, 2.75) is 26.7 Å². The smallest absolute Gasteiger partial charge is 0.337 e. The monoisotopic (exact) mass is 339 g/mol. The number of fused-ring (bicyclic) bond motifs is 5. The first kappa shape index (κ1) is 16.1. The van der Waals surface area contributed by atoms with Crippen LogP contribution >= 0.6 is 0 Å². The third-order valence-corrected chi connectivity index (χ3v) is 5.96. The third-order valence-electron chi connectivity index (χ3n) is 5.96. The van der Waals surface area contributed by atoms with Crippen LogP contribution in [-0.4, -0.2) is 24.9 Å². The molecule has 0 N–H and O–H groups in total. The zero-order valence-corrected chi connectivity index (χ0v) is 14.6. The van der Waals surface area contributed by atoms with Crippen molar-refractivity contribution in [2.24, 2.45) is 23.7 Å². The quantitative estimate of drug-likeness (QED) is 0.472. The molecule has 4 rings (SSSR count). The van der Waals surface area contributed by atoms with Crippen LogP contribution in [0.2, 0.25) is 0 Å². The number of amides is 2. The van der Waals surface area contributed by atoms with Crippen LogP contribution in [0.4, 0.5) is 5.69 Å². The standard InChI is InChI=1S/C20H21NO4/c1-10(2)15-13-7-8-14(15)17-16(13)18(22)21(19(17)23)12-6-4-5-11(9-12)20(24)25-3/h4-6,9,13-14,16-17H,7-8H2,1-3H3/t13-,14-,16+,17+/m0/s1. The minimum Gasteiger partial charge on any atom is -0.465 e. The first-order valence-electron chi connectivity index (χ1n) is 8.69. The van der Waals surface area contributed by atoms with Crippen molar-refractivity contribution in [3.05, 3.63) is 41.0 Å². The second-order valence-corrected chi connectivity index (χ2v) is 7.35. The van der Waals surface area contributed by atoms with Gasteiger partial charge in [0.1, 0.15) is 0 Å². The van der Waals surface area contributed by atoms with Crippen molar-refractivity contribution < 1.29 is 19.1 Å². The van der Waals surface area contributed by atoms with E-state index in [0.717, 1.165) is 12.8 Å². The number of hydrogen-bond donors (Lipinski definition) is 0. The number of imide groups is 1. The van der Waals surface area contributed by atoms with Gasteiger partial charge < -0.3 is 4.74 Å². The molecule has 2 saturated carbocycles. The summed E-state index contributed by atoms with van der Waals surface area (Å²) in [6.45, 7) is 4.16. The van der Waals surface area contributed by atoms with E-state index in [9.17, 15) is 14.4 Å². The van der Waals surface area contributed by atoms with Crippen molar-refractivity contribution in [3.63, 3.8) is 0 Å². The molecule has 0 radical (unpaired) electrons. The van der Waals surface area contributed by atoms with Crippen LogP contribution in [-0.2, 0) is 14.3 Å². The lowest BCUT2D eigenvalue weighted by molar-refractivity contribution is -0.123. The highest BCUT2D eigenvalue weighted by molar-refractivity contribution is 6.23. The van der Waals surface area contributed by atoms with E-state index in [-0.39, 0.29) is 35.5 Å². The highest BCUT2D eigenvalue weighted by Crippen LogP contribution is 2.60. The molecular weight excluding hydrogens is 318 g/mol. The van der Waals surface area contributed by atoms with E-state index in [2.05, 4.69) is 13.8 Å². The zero-order chi connectivity index (χ0) is 17.9. The number of methoxy groups -OCH3 is 1. The number of ether oxygens (including phenoxy) is 1. The number of benzene rings is 1. The van der Waals surface area contributed by atoms with E-state index in [0.29, 0.717) is 11.3 Å². The number of nitrogens with zero attached hydrogens (tertiary/aromatic N) is 1. The topological polar surface area (TPSA) is 63.7 Å². The molecule has 0 spiro atoms. The Labute approximate surface area is 146 Å². The van der Waals surface area contributed by atoms with Gasteiger partial charge in [-0.1, -0.05) is 17.2 Å². The summed E-state index contributed by atoms with van der Waals surface area (Å²) in [7, 11) is 1.31. The van der Waals surface area contributed by atoms with Crippen molar-refractivity contribution >= 4 is 23.5 Å². The summed E-state index contributed by atoms with van der Waals surface area (Å²) in [6, 6.07) is 6.55. The van der Waals surface area contributed by atoms with Crippen molar-refractivity contribution in [1.82, 2.24) is 0 Å². The molecule has 0 aromatic heterocycles. The fourth-order valence-corrected chi connectivity index (χ4v) is 5.14. The number of anilines is 1. The van der Waals surface area contributed by atoms with Crippen molar-refractivity contribution in [3.8, 4) is 0 Å². The van der Waals surface area contributed by atoms with E-state index < -0.39 is 5.97 Å². The Morgan fingerprint density at radius 1 is 1.08 bits per heavy atom. The molecule has 2 bridgehead atoms. The Hall–Kier alpha value is -2.43. The minimum absolute atomic E-state index is 0.122. The average molecular weight is 339 g/mol. The highest BCUT2D eigenvalue weighted by atomic mass is 16.5. The molecule has 4 atom stereocenters. The summed E-state index contributed by atoms with van der Waals surface area (Å²) in [5, 5.41) is 0. The molecule has 1 aliphatic heterocycles. The number of hydrogen-bond acceptors (Lipinski definition) is 4. The largest absolute Gasteiger partial charge is 0.465 e. The van der Waals surface area contributed by atoms with Gasteiger partial charge in [-0.3, -0.25) is 9.59 Å². The van der Waals surface area contributed by atoms with Crippen molar-refractivity contribution in [2.75, 3.05) is 12.0 Å². The van der Waals surface area contributed by atoms with Crippen LogP contribution in [0.15, 0.2) is 35.4 Å². The van der Waals surface area contributed by atoms with Gasteiger partial charge in [-0.2, -0.15) is 0 Å². The Morgan fingerprint density at radius 3 is 2.20 bits per heavy atom. The van der Waals surface area contributed by atoms with Gasteiger partial charge in [0.25, 0.3) is 0 Å². The van der Waals surface area contributed by atoms with E-state index >= 15 is 0 Å². The highest BCUT2D eigenvalue weighted by Gasteiger charge is 2.63. The molecule has 25 heavy (non-hydrogen) atoms. The van der Waals surface area contributed by atoms with E-state index in [1.807, 2.05) is 0 Å². The first-order chi connectivity index (χ1) is 12.0. The second kappa shape index (κ2) is 5.55. The maximum absolute atomic E-state index is 13.1. The van der Waals surface area contributed by atoms with Gasteiger partial charge in [-0.15, -0.1) is 0 Å². The summed E-state index contributed by atoms with van der Waals surface area (Å²) in [5.74, 6) is -0.801. The summed E-state index contributed by atoms with van der Waals surface area (Å²) in [5.41, 5.74) is 3.39. The number of allylic oxidation sites excluding steroid dienone is 2. The predicted octanol–water partition coefficient (Wildman–Crippen LogP) is 2.96. The SMILES string of the molecule is COC(=O)c1cccc(N2C(=O)[C@H]3[C@H](C2=O)[C@H]2CC[C@H]3C2=C(C)C)c1. The Morgan fingerprint density at radius 2 is 1.68 bits per heavy atom. The molecule has 2 aliphatic carbocycles. The maximum Gasteiger partial charge on any atom is 0.337 e. The van der Waals surface area contributed by atoms with Crippen molar-refractivity contribution in [1.29, 1.82) is 0 Å². The molecule has 1 aromatic carbocycles. The summed E-state index contributed by atoms with van der Waals surface area (Å²) >= 11 is 0. The molecule has 0 unspecified atom stereocenters. The fourth-order valence-electron chi connectivity index (χ4n) is 5.14. The van der Waals surface area contributed by atoms with Crippen LogP contribution in [0, 0.1) is 23.7 Å². The van der Waals surface area contributed by atoms with Crippen LogP contribution < -0.4 is 4.90 Å². The van der Waals surface area contributed by atoms with Gasteiger partial charge in [0.15, 0.2) is 0 Å². The van der Waals surface area contributed by atoms with Gasteiger partial charge in [0.05, 0.1) is 30.2 Å². The molecular formula is C20H21NO4. The minimum atomic E-state index is -0.479. The number of rotatable bonds is 2. The number of carbonyl (C=O) groups is 3. The lowest BCUT2D eigenvalue weighted by Gasteiger charge is -2.19. The number of carbonyl (C=O) groups excluding carboxylic acids is 3. The molecule has 3 fully saturated rings. The van der Waals surface area contributed by atoms with Gasteiger partial charge in [-0.25, -0.2) is 9.69 Å². The summed E-state index contributed by atoms with van der Waals surface area (Å²) < 4.78 is 4.73. The lowest BCUT2D eigenvalue weighted by Crippen LogP contribution is -2.33. The predicted molar refractivity (Wildman–Crippen MR) is 91.8 cm³/mol. The van der Waals surface area contributed by atoms with Crippen LogP contribution in [0.25, 0.3) is 0 Å². The van der Waals surface area contributed by atoms with Gasteiger partial charge in [0.2, 0.25) is 11.8 Å². The van der Waals surface area contributed by atoms with E-state index in [4.69, 9.17) is 4.74 Å². The molecule has 1 aromatic rings. The fraction of sp³-hybridized carbons (Fsp3) is 0.450. The average Bonchev–Trinajstić information content (AvgIpc) is 3.24. The first-order valence-corrected chi connectivity index (χ1v) is 8.69. The molecule has 2 amide bonds. The van der Waals surface area contributed by atoms with Crippen LogP contribution in [0.3, 0.4) is 0 Å². The van der Waals surface area contributed by atoms with Gasteiger partial charge in [-0.05, 0) is 56.7 Å². The zero-order valence-electron chi connectivity index (χ0n) is 14.6. The van der Waals surface area contributed by atoms with Crippen LogP contribution in [0.1, 0.15) is 37.0 Å². The Balaban J connectivity index is 1.72. The Bertz CT molecular complexity index is 789. The van der Waals surface area contributed by atoms with E-state index in [1.165, 1.54) is 23.2 Å². The Kier molecular flexibility index (Phi) is 3.56. The molecule has 3 aliphatic rings. The third kappa shape index (κ3) is 2.11. The number of esters is 1. The normalized spacial score (nSPS) is 30.0. The van der Waals surface area contributed by atoms with Crippen LogP contribution in [0.5, 0.6) is 0 Å².